The number of rotatable bonds is 3. The van der Waals surface area contributed by atoms with Gasteiger partial charge >= 0.3 is 0 Å². The van der Waals surface area contributed by atoms with Crippen molar-refractivity contribution in [3.63, 3.8) is 0 Å². The van der Waals surface area contributed by atoms with E-state index in [2.05, 4.69) is 0 Å². The van der Waals surface area contributed by atoms with Crippen LogP contribution >= 0.6 is 0 Å². The van der Waals surface area contributed by atoms with Gasteiger partial charge in [0, 0.05) is 0 Å². The normalized spacial score (nSPS) is 18.6. The Bertz CT molecular complexity index is 321. The Morgan fingerprint density at radius 3 is 2.43 bits per heavy atom. The smallest absolute Gasteiger partial charge is 0.257 e. The fourth-order valence-electron chi connectivity index (χ4n) is 1.72. The highest BCUT2D eigenvalue weighted by atomic mass is 19.3. The van der Waals surface area contributed by atoms with Crippen LogP contribution in [0.25, 0.3) is 0 Å². The van der Waals surface area contributed by atoms with Crippen molar-refractivity contribution in [3.8, 4) is 0 Å². The lowest BCUT2D eigenvalue weighted by molar-refractivity contribution is 0.116. The zero-order chi connectivity index (χ0) is 10.1. The first kappa shape index (κ1) is 9.59. The lowest BCUT2D eigenvalue weighted by Gasteiger charge is -2.15. The fraction of sp³-hybridized carbons (Fsp3) is 0.455. The number of nitrogens with two attached hydrogens (primary N) is 1. The third-order valence-corrected chi connectivity index (χ3v) is 2.64. The highest BCUT2D eigenvalue weighted by Gasteiger charge is 2.29. The van der Waals surface area contributed by atoms with Crippen LogP contribution in [0.15, 0.2) is 24.3 Å². The molecule has 1 aliphatic carbocycles. The van der Waals surface area contributed by atoms with Crippen LogP contribution in [-0.2, 0) is 0 Å². The van der Waals surface area contributed by atoms with E-state index in [4.69, 9.17) is 5.73 Å². The van der Waals surface area contributed by atoms with E-state index in [9.17, 15) is 8.78 Å². The summed E-state index contributed by atoms with van der Waals surface area (Å²) in [7, 11) is 0. The Balaban J connectivity index is 2.30. The fourth-order valence-corrected chi connectivity index (χ4v) is 1.72. The highest BCUT2D eigenvalue weighted by molar-refractivity contribution is 5.35. The van der Waals surface area contributed by atoms with Gasteiger partial charge in [-0.25, -0.2) is 8.78 Å². The maximum Gasteiger partial charge on any atom is 0.257 e. The van der Waals surface area contributed by atoms with Crippen LogP contribution < -0.4 is 5.73 Å². The van der Waals surface area contributed by atoms with Crippen molar-refractivity contribution >= 4 is 0 Å². The third-order valence-electron chi connectivity index (χ3n) is 2.64. The predicted octanol–water partition coefficient (Wildman–Crippen LogP) is 2.83. The minimum Gasteiger partial charge on any atom is -0.319 e. The van der Waals surface area contributed by atoms with Crippen molar-refractivity contribution in [2.75, 3.05) is 0 Å². The molecule has 1 saturated carbocycles. The molecule has 1 atom stereocenters. The summed E-state index contributed by atoms with van der Waals surface area (Å²) >= 11 is 0. The van der Waals surface area contributed by atoms with E-state index in [0.29, 0.717) is 11.5 Å². The standard InChI is InChI=1S/C11H13F2N/c12-11(13)10(14)9-4-2-1-3-8(9)7-5-6-7/h1-4,7,10-11H,5-6,14H2. The van der Waals surface area contributed by atoms with Gasteiger partial charge in [0.15, 0.2) is 0 Å². The maximum atomic E-state index is 12.5. The summed E-state index contributed by atoms with van der Waals surface area (Å²) in [6.07, 6.45) is -0.269. The first-order valence-corrected chi connectivity index (χ1v) is 4.82. The Morgan fingerprint density at radius 2 is 1.86 bits per heavy atom. The van der Waals surface area contributed by atoms with Crippen LogP contribution in [-0.4, -0.2) is 6.43 Å². The van der Waals surface area contributed by atoms with Crippen molar-refractivity contribution in [2.45, 2.75) is 31.2 Å². The Hall–Kier alpha value is -0.960. The average Bonchev–Trinajstić information content (AvgIpc) is 3.00. The zero-order valence-electron chi connectivity index (χ0n) is 7.79. The number of halogens is 2. The monoisotopic (exact) mass is 197 g/mol. The van der Waals surface area contributed by atoms with Crippen LogP contribution in [0.2, 0.25) is 0 Å². The van der Waals surface area contributed by atoms with Gasteiger partial charge in [-0.1, -0.05) is 24.3 Å². The molecule has 2 rings (SSSR count). The second kappa shape index (κ2) is 3.65. The van der Waals surface area contributed by atoms with Crippen LogP contribution in [0.5, 0.6) is 0 Å². The van der Waals surface area contributed by atoms with Crippen molar-refractivity contribution in [2.24, 2.45) is 5.73 Å². The quantitative estimate of drug-likeness (QED) is 0.792. The largest absolute Gasteiger partial charge is 0.319 e. The Kier molecular flexibility index (Phi) is 2.50. The zero-order valence-corrected chi connectivity index (χ0v) is 7.79. The van der Waals surface area contributed by atoms with Crippen molar-refractivity contribution in [1.29, 1.82) is 0 Å². The molecule has 2 N–H and O–H groups in total. The van der Waals surface area contributed by atoms with Gasteiger partial charge in [-0.05, 0) is 29.9 Å². The molecule has 1 aromatic rings. The molecule has 0 aromatic heterocycles. The van der Waals surface area contributed by atoms with E-state index in [0.717, 1.165) is 18.4 Å². The van der Waals surface area contributed by atoms with Crippen molar-refractivity contribution < 1.29 is 8.78 Å². The van der Waals surface area contributed by atoms with E-state index in [1.54, 1.807) is 12.1 Å². The molecule has 0 heterocycles. The van der Waals surface area contributed by atoms with Crippen molar-refractivity contribution in [1.82, 2.24) is 0 Å². The van der Waals surface area contributed by atoms with Crippen LogP contribution in [0.4, 0.5) is 8.78 Å². The van der Waals surface area contributed by atoms with E-state index in [-0.39, 0.29) is 0 Å². The molecule has 1 unspecified atom stereocenters. The molecule has 1 fully saturated rings. The van der Waals surface area contributed by atoms with Gasteiger partial charge in [0.2, 0.25) is 0 Å². The summed E-state index contributed by atoms with van der Waals surface area (Å²) in [5.74, 6) is 0.469. The molecule has 1 aromatic carbocycles. The highest BCUT2D eigenvalue weighted by Crippen LogP contribution is 2.43. The number of alkyl halides is 2. The molecule has 3 heteroatoms. The van der Waals surface area contributed by atoms with E-state index in [1.807, 2.05) is 12.1 Å². The van der Waals surface area contributed by atoms with Gasteiger partial charge in [-0.2, -0.15) is 0 Å². The molecule has 76 valence electrons. The van der Waals surface area contributed by atoms with Crippen LogP contribution in [0, 0.1) is 0 Å². The van der Waals surface area contributed by atoms with E-state index >= 15 is 0 Å². The maximum absolute atomic E-state index is 12.5. The summed E-state index contributed by atoms with van der Waals surface area (Å²) in [5.41, 5.74) is 7.08. The summed E-state index contributed by atoms with van der Waals surface area (Å²) in [4.78, 5) is 0. The van der Waals surface area contributed by atoms with Gasteiger partial charge in [-0.15, -0.1) is 0 Å². The lowest BCUT2D eigenvalue weighted by atomic mass is 9.98. The first-order chi connectivity index (χ1) is 6.70. The minimum absolute atomic E-state index is 0.469. The molecule has 1 aliphatic rings. The second-order valence-corrected chi connectivity index (χ2v) is 3.76. The second-order valence-electron chi connectivity index (χ2n) is 3.76. The van der Waals surface area contributed by atoms with Gasteiger partial charge in [0.1, 0.15) is 0 Å². The Morgan fingerprint density at radius 1 is 1.21 bits per heavy atom. The molecule has 14 heavy (non-hydrogen) atoms. The van der Waals surface area contributed by atoms with Crippen molar-refractivity contribution in [3.05, 3.63) is 35.4 Å². The molecule has 1 nitrogen and oxygen atoms in total. The van der Waals surface area contributed by atoms with E-state index in [1.165, 1.54) is 0 Å². The molecule has 0 amide bonds. The van der Waals surface area contributed by atoms with Crippen LogP contribution in [0.1, 0.15) is 35.9 Å². The van der Waals surface area contributed by atoms with Gasteiger partial charge in [0.25, 0.3) is 6.43 Å². The molecule has 0 spiro atoms. The molecule has 0 radical (unpaired) electrons. The summed E-state index contributed by atoms with van der Waals surface area (Å²) < 4.78 is 24.9. The first-order valence-electron chi connectivity index (χ1n) is 4.82. The number of hydrogen-bond acceptors (Lipinski definition) is 1. The summed E-state index contributed by atoms with van der Waals surface area (Å²) in [5, 5.41) is 0. The van der Waals surface area contributed by atoms with Gasteiger partial charge < -0.3 is 5.73 Å². The molecule has 0 bridgehead atoms. The number of hydrogen-bond donors (Lipinski definition) is 1. The third kappa shape index (κ3) is 1.77. The topological polar surface area (TPSA) is 26.0 Å². The van der Waals surface area contributed by atoms with E-state index < -0.39 is 12.5 Å². The van der Waals surface area contributed by atoms with Gasteiger partial charge in [0.05, 0.1) is 6.04 Å². The van der Waals surface area contributed by atoms with Gasteiger partial charge in [-0.3, -0.25) is 0 Å². The minimum atomic E-state index is -2.48. The number of benzene rings is 1. The molecule has 0 saturated heterocycles. The summed E-state index contributed by atoms with van der Waals surface area (Å²) in [6, 6.07) is 6.14. The molecule has 0 aliphatic heterocycles. The predicted molar refractivity (Wildman–Crippen MR) is 51.3 cm³/mol. The Labute approximate surface area is 81.9 Å². The molecular formula is C11H13F2N. The average molecular weight is 197 g/mol. The SMILES string of the molecule is NC(c1ccccc1C1CC1)C(F)F. The summed E-state index contributed by atoms with van der Waals surface area (Å²) in [6.45, 7) is 0. The lowest BCUT2D eigenvalue weighted by Crippen LogP contribution is -2.20. The van der Waals surface area contributed by atoms with Crippen LogP contribution in [0.3, 0.4) is 0 Å². The molecular weight excluding hydrogens is 184 g/mol.